The molecular weight excluding hydrogens is 248 g/mol. The maximum atomic E-state index is 13.1. The first kappa shape index (κ1) is 14.3. The molecule has 0 spiro atoms. The third kappa shape index (κ3) is 3.90. The summed E-state index contributed by atoms with van der Waals surface area (Å²) in [5.41, 5.74) is 6.05. The van der Waals surface area contributed by atoms with Crippen molar-refractivity contribution in [2.45, 2.75) is 51.2 Å². The topological polar surface area (TPSA) is 35.2 Å². The summed E-state index contributed by atoms with van der Waals surface area (Å²) in [5.74, 6) is -0.405. The highest BCUT2D eigenvalue weighted by Crippen LogP contribution is 2.30. The number of benzene rings is 1. The van der Waals surface area contributed by atoms with Crippen LogP contribution in [0.4, 0.5) is 8.78 Å². The summed E-state index contributed by atoms with van der Waals surface area (Å²) < 4.78 is 32.0. The molecule has 1 aliphatic rings. The van der Waals surface area contributed by atoms with Crippen LogP contribution in [0.2, 0.25) is 0 Å². The van der Waals surface area contributed by atoms with Crippen molar-refractivity contribution in [1.29, 1.82) is 0 Å². The molecule has 1 saturated carbocycles. The molecule has 2 rings (SSSR count). The molecule has 1 aliphatic carbocycles. The average Bonchev–Trinajstić information content (AvgIpc) is 2.32. The lowest BCUT2D eigenvalue weighted by Crippen LogP contribution is -2.43. The highest BCUT2D eigenvalue weighted by atomic mass is 19.1. The van der Waals surface area contributed by atoms with E-state index in [9.17, 15) is 8.78 Å². The summed E-state index contributed by atoms with van der Waals surface area (Å²) in [4.78, 5) is 0. The van der Waals surface area contributed by atoms with Crippen molar-refractivity contribution in [2.75, 3.05) is 0 Å². The van der Waals surface area contributed by atoms with E-state index in [0.717, 1.165) is 38.2 Å². The minimum Gasteiger partial charge on any atom is -0.489 e. The van der Waals surface area contributed by atoms with Gasteiger partial charge in [0.25, 0.3) is 0 Å². The van der Waals surface area contributed by atoms with Gasteiger partial charge in [0.15, 0.2) is 0 Å². The summed E-state index contributed by atoms with van der Waals surface area (Å²) >= 11 is 0. The van der Waals surface area contributed by atoms with E-state index >= 15 is 0 Å². The van der Waals surface area contributed by atoms with Crippen LogP contribution in [0, 0.1) is 17.6 Å². The maximum absolute atomic E-state index is 13.1. The van der Waals surface area contributed by atoms with Crippen LogP contribution in [0.25, 0.3) is 0 Å². The molecule has 0 bridgehead atoms. The van der Waals surface area contributed by atoms with Crippen LogP contribution in [0.3, 0.4) is 0 Å². The zero-order chi connectivity index (χ0) is 13.8. The Balaban J connectivity index is 2.03. The number of hydrogen-bond donors (Lipinski definition) is 1. The SMILES string of the molecule is CCCC1CCC(N)C(Oc2cc(F)cc(F)c2)C1. The largest absolute Gasteiger partial charge is 0.489 e. The van der Waals surface area contributed by atoms with Crippen LogP contribution in [0.5, 0.6) is 5.75 Å². The van der Waals surface area contributed by atoms with Gasteiger partial charge in [-0.3, -0.25) is 0 Å². The Morgan fingerprint density at radius 2 is 1.89 bits per heavy atom. The van der Waals surface area contributed by atoms with Crippen molar-refractivity contribution in [1.82, 2.24) is 0 Å². The summed E-state index contributed by atoms with van der Waals surface area (Å²) in [6.07, 6.45) is 5.05. The van der Waals surface area contributed by atoms with Gasteiger partial charge in [0.05, 0.1) is 0 Å². The molecule has 2 nitrogen and oxygen atoms in total. The lowest BCUT2D eigenvalue weighted by atomic mass is 9.82. The number of rotatable bonds is 4. The van der Waals surface area contributed by atoms with Gasteiger partial charge in [-0.15, -0.1) is 0 Å². The molecule has 0 saturated heterocycles. The van der Waals surface area contributed by atoms with Crippen LogP contribution < -0.4 is 10.5 Å². The molecule has 1 aromatic rings. The van der Waals surface area contributed by atoms with Gasteiger partial charge in [0.2, 0.25) is 0 Å². The van der Waals surface area contributed by atoms with E-state index in [1.54, 1.807) is 0 Å². The molecule has 1 aromatic carbocycles. The maximum Gasteiger partial charge on any atom is 0.129 e. The molecule has 2 N–H and O–H groups in total. The molecule has 1 fully saturated rings. The molecule has 3 unspecified atom stereocenters. The second kappa shape index (κ2) is 6.33. The Hall–Kier alpha value is -1.16. The summed E-state index contributed by atoms with van der Waals surface area (Å²) in [6.45, 7) is 2.16. The smallest absolute Gasteiger partial charge is 0.129 e. The fourth-order valence-electron chi connectivity index (χ4n) is 2.81. The molecule has 0 aliphatic heterocycles. The first-order valence-corrected chi connectivity index (χ1v) is 6.96. The minimum absolute atomic E-state index is 0.0561. The van der Waals surface area contributed by atoms with Gasteiger partial charge in [0, 0.05) is 24.2 Å². The molecule has 19 heavy (non-hydrogen) atoms. The van der Waals surface area contributed by atoms with Crippen molar-refractivity contribution in [2.24, 2.45) is 11.7 Å². The predicted octanol–water partition coefficient (Wildman–Crippen LogP) is 3.64. The summed E-state index contributed by atoms with van der Waals surface area (Å²) in [5, 5.41) is 0. The summed E-state index contributed by atoms with van der Waals surface area (Å²) in [6, 6.07) is 3.20. The zero-order valence-electron chi connectivity index (χ0n) is 11.2. The number of nitrogens with two attached hydrogens (primary N) is 1. The van der Waals surface area contributed by atoms with Crippen LogP contribution in [0.1, 0.15) is 39.0 Å². The van der Waals surface area contributed by atoms with Crippen molar-refractivity contribution >= 4 is 0 Å². The van der Waals surface area contributed by atoms with Gasteiger partial charge in [-0.1, -0.05) is 19.8 Å². The van der Waals surface area contributed by atoms with E-state index < -0.39 is 11.6 Å². The van der Waals surface area contributed by atoms with E-state index in [0.29, 0.717) is 5.92 Å². The lowest BCUT2D eigenvalue weighted by molar-refractivity contribution is 0.0986. The Labute approximate surface area is 112 Å². The number of ether oxygens (including phenoxy) is 1. The van der Waals surface area contributed by atoms with E-state index in [2.05, 4.69) is 6.92 Å². The van der Waals surface area contributed by atoms with Crippen molar-refractivity contribution in [3.05, 3.63) is 29.8 Å². The van der Waals surface area contributed by atoms with Crippen molar-refractivity contribution in [3.63, 3.8) is 0 Å². The van der Waals surface area contributed by atoms with Crippen molar-refractivity contribution < 1.29 is 13.5 Å². The van der Waals surface area contributed by atoms with Crippen LogP contribution in [-0.2, 0) is 0 Å². The number of halogens is 2. The van der Waals surface area contributed by atoms with Gasteiger partial charge < -0.3 is 10.5 Å². The van der Waals surface area contributed by atoms with Gasteiger partial charge in [-0.25, -0.2) is 8.78 Å². The Morgan fingerprint density at radius 3 is 2.53 bits per heavy atom. The molecule has 3 atom stereocenters. The standard InChI is InChI=1S/C15H21F2NO/c1-2-3-10-4-5-14(18)15(6-10)19-13-8-11(16)7-12(17)9-13/h7-10,14-15H,2-6,18H2,1H3. The van der Waals surface area contributed by atoms with E-state index in [4.69, 9.17) is 10.5 Å². The van der Waals surface area contributed by atoms with Crippen LogP contribution >= 0.6 is 0 Å². The fraction of sp³-hybridized carbons (Fsp3) is 0.600. The Kier molecular flexibility index (Phi) is 4.75. The van der Waals surface area contributed by atoms with Crippen LogP contribution in [0.15, 0.2) is 18.2 Å². The van der Waals surface area contributed by atoms with E-state index in [-0.39, 0.29) is 17.9 Å². The molecule has 106 valence electrons. The van der Waals surface area contributed by atoms with E-state index in [1.807, 2.05) is 0 Å². The zero-order valence-corrected chi connectivity index (χ0v) is 11.2. The first-order valence-electron chi connectivity index (χ1n) is 6.96. The second-order valence-electron chi connectivity index (χ2n) is 5.39. The summed E-state index contributed by atoms with van der Waals surface area (Å²) in [7, 11) is 0. The molecule has 0 amide bonds. The monoisotopic (exact) mass is 269 g/mol. The third-order valence-corrected chi connectivity index (χ3v) is 3.77. The molecule has 0 aromatic heterocycles. The average molecular weight is 269 g/mol. The third-order valence-electron chi connectivity index (χ3n) is 3.77. The Bertz CT molecular complexity index is 404. The molecule has 0 radical (unpaired) electrons. The molecule has 0 heterocycles. The second-order valence-corrected chi connectivity index (χ2v) is 5.39. The highest BCUT2D eigenvalue weighted by Gasteiger charge is 2.29. The lowest BCUT2D eigenvalue weighted by Gasteiger charge is -2.34. The Morgan fingerprint density at radius 1 is 1.21 bits per heavy atom. The number of hydrogen-bond acceptors (Lipinski definition) is 2. The van der Waals surface area contributed by atoms with Gasteiger partial charge in [-0.2, -0.15) is 0 Å². The molecular formula is C15H21F2NO. The predicted molar refractivity (Wildman–Crippen MR) is 71.0 cm³/mol. The normalized spacial score (nSPS) is 27.3. The first-order chi connectivity index (χ1) is 9.08. The fourth-order valence-corrected chi connectivity index (χ4v) is 2.81. The van der Waals surface area contributed by atoms with Gasteiger partial charge in [-0.05, 0) is 25.2 Å². The quantitative estimate of drug-likeness (QED) is 0.905. The van der Waals surface area contributed by atoms with Gasteiger partial charge in [0.1, 0.15) is 23.5 Å². The van der Waals surface area contributed by atoms with Crippen LogP contribution in [-0.4, -0.2) is 12.1 Å². The highest BCUT2D eigenvalue weighted by molar-refractivity contribution is 5.24. The minimum atomic E-state index is -0.621. The van der Waals surface area contributed by atoms with Crippen molar-refractivity contribution in [3.8, 4) is 5.75 Å². The molecule has 4 heteroatoms. The van der Waals surface area contributed by atoms with E-state index in [1.165, 1.54) is 12.1 Å². The van der Waals surface area contributed by atoms with Gasteiger partial charge >= 0.3 is 0 Å².